The van der Waals surface area contributed by atoms with Gasteiger partial charge in [-0.2, -0.15) is 0 Å². The predicted molar refractivity (Wildman–Crippen MR) is 81.4 cm³/mol. The van der Waals surface area contributed by atoms with Crippen molar-refractivity contribution in [2.45, 2.75) is 24.5 Å². The number of aromatic nitrogens is 2. The maximum Gasteiger partial charge on any atom is 0.237 e. The van der Waals surface area contributed by atoms with E-state index >= 15 is 0 Å². The minimum Gasteiger partial charge on any atom is -0.387 e. The molecule has 2 aliphatic heterocycles. The molecule has 3 heterocycles. The highest BCUT2D eigenvalue weighted by Gasteiger charge is 2.45. The van der Waals surface area contributed by atoms with Crippen LogP contribution in [0.3, 0.4) is 0 Å². The second-order valence-electron chi connectivity index (χ2n) is 5.77. The third kappa shape index (κ3) is 3.08. The number of aliphatic hydroxyl groups is 1. The average Bonchev–Trinajstić information content (AvgIpc) is 2.50. The molecule has 0 spiro atoms. The predicted octanol–water partition coefficient (Wildman–Crippen LogP) is -0.283. The molecule has 8 heteroatoms. The van der Waals surface area contributed by atoms with Crippen LogP contribution in [0.15, 0.2) is 12.3 Å². The monoisotopic (exact) mass is 325 g/mol. The molecule has 3 N–H and O–H groups in total. The van der Waals surface area contributed by atoms with Crippen molar-refractivity contribution in [3.05, 3.63) is 23.2 Å². The molecular formula is C14H20ClN5O2. The van der Waals surface area contributed by atoms with Gasteiger partial charge in [0.15, 0.2) is 0 Å². The second-order valence-corrected chi connectivity index (χ2v) is 6.11. The van der Waals surface area contributed by atoms with Gasteiger partial charge >= 0.3 is 0 Å². The Bertz CT molecular complexity index is 550. The first-order valence-corrected chi connectivity index (χ1v) is 7.90. The topological polar surface area (TPSA) is 90.4 Å². The highest BCUT2D eigenvalue weighted by atomic mass is 35.5. The molecule has 2 aliphatic rings. The second kappa shape index (κ2) is 6.45. The number of carbonyl (C=O) groups is 1. The molecule has 0 saturated carbocycles. The summed E-state index contributed by atoms with van der Waals surface area (Å²) in [7, 11) is 0. The van der Waals surface area contributed by atoms with Crippen molar-refractivity contribution in [2.24, 2.45) is 0 Å². The van der Waals surface area contributed by atoms with E-state index in [2.05, 4.69) is 20.6 Å². The summed E-state index contributed by atoms with van der Waals surface area (Å²) in [4.78, 5) is 22.2. The highest BCUT2D eigenvalue weighted by Crippen LogP contribution is 2.37. The van der Waals surface area contributed by atoms with E-state index in [1.807, 2.05) is 0 Å². The molecule has 0 bridgehead atoms. The number of carbonyl (C=O) groups excluding carboxylic acids is 1. The van der Waals surface area contributed by atoms with Gasteiger partial charge in [-0.05, 0) is 43.6 Å². The molecule has 120 valence electrons. The van der Waals surface area contributed by atoms with Crippen LogP contribution in [-0.2, 0) is 4.79 Å². The van der Waals surface area contributed by atoms with E-state index in [1.165, 1.54) is 0 Å². The maximum atomic E-state index is 12.3. The zero-order chi connectivity index (χ0) is 15.6. The smallest absolute Gasteiger partial charge is 0.237 e. The zero-order valence-corrected chi connectivity index (χ0v) is 13.0. The summed E-state index contributed by atoms with van der Waals surface area (Å²) in [5.74, 6) is -0.0297. The van der Waals surface area contributed by atoms with Gasteiger partial charge < -0.3 is 20.6 Å². The van der Waals surface area contributed by atoms with Crippen molar-refractivity contribution in [3.63, 3.8) is 0 Å². The molecule has 1 atom stereocenters. The minimum absolute atomic E-state index is 0.0297. The third-order valence-electron chi connectivity index (χ3n) is 4.34. The van der Waals surface area contributed by atoms with E-state index in [0.29, 0.717) is 44.7 Å². The summed E-state index contributed by atoms with van der Waals surface area (Å²) >= 11 is 5.92. The van der Waals surface area contributed by atoms with Crippen LogP contribution in [0.5, 0.6) is 0 Å². The number of nitrogens with one attached hydrogen (secondary N) is 2. The van der Waals surface area contributed by atoms with Gasteiger partial charge in [0.25, 0.3) is 0 Å². The number of piperazine rings is 1. The Morgan fingerprint density at radius 2 is 2.09 bits per heavy atom. The van der Waals surface area contributed by atoms with Gasteiger partial charge in [0.05, 0.1) is 17.8 Å². The van der Waals surface area contributed by atoms with Crippen LogP contribution in [0.1, 0.15) is 24.6 Å². The van der Waals surface area contributed by atoms with Crippen LogP contribution in [0, 0.1) is 0 Å². The molecule has 0 aromatic carbocycles. The largest absolute Gasteiger partial charge is 0.387 e. The van der Waals surface area contributed by atoms with Crippen molar-refractivity contribution in [2.75, 3.05) is 32.7 Å². The molecule has 3 rings (SSSR count). The number of halogens is 1. The molecule has 22 heavy (non-hydrogen) atoms. The van der Waals surface area contributed by atoms with Gasteiger partial charge in [-0.15, -0.1) is 0 Å². The SMILES string of the molecule is O=C1CNCCN1C(c1ccnc(Cl)n1)C1(O)CCNCC1. The van der Waals surface area contributed by atoms with Gasteiger partial charge in [-0.1, -0.05) is 0 Å². The molecule has 0 radical (unpaired) electrons. The van der Waals surface area contributed by atoms with Gasteiger partial charge in [0.2, 0.25) is 11.2 Å². The Balaban J connectivity index is 1.99. The Hall–Kier alpha value is -1.28. The van der Waals surface area contributed by atoms with Crippen LogP contribution in [0.2, 0.25) is 5.28 Å². The fourth-order valence-corrected chi connectivity index (χ4v) is 3.41. The van der Waals surface area contributed by atoms with Crippen molar-refractivity contribution in [1.82, 2.24) is 25.5 Å². The number of hydrogen-bond donors (Lipinski definition) is 3. The molecule has 1 aromatic rings. The molecule has 2 saturated heterocycles. The lowest BCUT2D eigenvalue weighted by Crippen LogP contribution is -2.58. The molecule has 7 nitrogen and oxygen atoms in total. The number of rotatable bonds is 3. The van der Waals surface area contributed by atoms with E-state index in [1.54, 1.807) is 17.2 Å². The quantitative estimate of drug-likeness (QED) is 0.662. The Labute approximate surface area is 134 Å². The van der Waals surface area contributed by atoms with Gasteiger partial charge in [-0.3, -0.25) is 4.79 Å². The van der Waals surface area contributed by atoms with Crippen molar-refractivity contribution in [3.8, 4) is 0 Å². The average molecular weight is 326 g/mol. The Morgan fingerprint density at radius 1 is 1.32 bits per heavy atom. The molecule has 1 unspecified atom stereocenters. The van der Waals surface area contributed by atoms with E-state index in [4.69, 9.17) is 11.6 Å². The molecule has 0 aliphatic carbocycles. The van der Waals surface area contributed by atoms with E-state index in [9.17, 15) is 9.90 Å². The van der Waals surface area contributed by atoms with Crippen molar-refractivity contribution < 1.29 is 9.90 Å². The first-order valence-electron chi connectivity index (χ1n) is 7.52. The highest BCUT2D eigenvalue weighted by molar-refractivity contribution is 6.28. The number of amides is 1. The standard InChI is InChI=1S/C14H20ClN5O2/c15-13-18-4-1-10(19-13)12(14(22)2-5-16-6-3-14)20-8-7-17-9-11(20)21/h1,4,12,16-17,22H,2-3,5-9H2. The van der Waals surface area contributed by atoms with Gasteiger partial charge in [0, 0.05) is 19.3 Å². The Morgan fingerprint density at radius 3 is 2.77 bits per heavy atom. The van der Waals surface area contributed by atoms with Crippen LogP contribution in [-0.4, -0.2) is 64.2 Å². The number of piperidine rings is 1. The lowest BCUT2D eigenvalue weighted by molar-refractivity contribution is -0.145. The van der Waals surface area contributed by atoms with Gasteiger partial charge in [0.1, 0.15) is 6.04 Å². The summed E-state index contributed by atoms with van der Waals surface area (Å²) in [6.07, 6.45) is 2.70. The number of nitrogens with zero attached hydrogens (tertiary/aromatic N) is 3. The normalized spacial score (nSPS) is 23.4. The Kier molecular flexibility index (Phi) is 4.58. The third-order valence-corrected chi connectivity index (χ3v) is 4.53. The summed E-state index contributed by atoms with van der Waals surface area (Å²) in [6.45, 7) is 2.96. The van der Waals surface area contributed by atoms with E-state index < -0.39 is 11.6 Å². The van der Waals surface area contributed by atoms with E-state index in [-0.39, 0.29) is 17.7 Å². The van der Waals surface area contributed by atoms with Gasteiger partial charge in [-0.25, -0.2) is 9.97 Å². The van der Waals surface area contributed by atoms with Crippen molar-refractivity contribution in [1.29, 1.82) is 0 Å². The van der Waals surface area contributed by atoms with Crippen LogP contribution in [0.25, 0.3) is 0 Å². The van der Waals surface area contributed by atoms with Crippen LogP contribution >= 0.6 is 11.6 Å². The first-order chi connectivity index (χ1) is 10.6. The first kappa shape index (κ1) is 15.6. The minimum atomic E-state index is -1.00. The zero-order valence-electron chi connectivity index (χ0n) is 12.3. The summed E-state index contributed by atoms with van der Waals surface area (Å²) in [5, 5.41) is 17.6. The lowest BCUT2D eigenvalue weighted by Gasteiger charge is -2.45. The summed E-state index contributed by atoms with van der Waals surface area (Å²) in [6, 6.07) is 1.23. The lowest BCUT2D eigenvalue weighted by atomic mass is 9.82. The molecule has 1 aromatic heterocycles. The summed E-state index contributed by atoms with van der Waals surface area (Å²) in [5.41, 5.74) is -0.407. The number of hydrogen-bond acceptors (Lipinski definition) is 6. The molecule has 2 fully saturated rings. The molecular weight excluding hydrogens is 306 g/mol. The van der Waals surface area contributed by atoms with Crippen LogP contribution in [0.4, 0.5) is 0 Å². The van der Waals surface area contributed by atoms with E-state index in [0.717, 1.165) is 0 Å². The summed E-state index contributed by atoms with van der Waals surface area (Å²) < 4.78 is 0. The fourth-order valence-electron chi connectivity index (χ4n) is 3.25. The van der Waals surface area contributed by atoms with Crippen molar-refractivity contribution >= 4 is 17.5 Å². The maximum absolute atomic E-state index is 12.3. The molecule has 1 amide bonds. The fraction of sp³-hybridized carbons (Fsp3) is 0.643. The van der Waals surface area contributed by atoms with Crippen LogP contribution < -0.4 is 10.6 Å².